The number of aromatic nitrogens is 2. The van der Waals surface area contributed by atoms with Gasteiger partial charge in [0.25, 0.3) is 0 Å². The van der Waals surface area contributed by atoms with Gasteiger partial charge in [0, 0.05) is 27.6 Å². The van der Waals surface area contributed by atoms with E-state index < -0.39 is 11.6 Å². The lowest BCUT2D eigenvalue weighted by molar-refractivity contribution is 0.595. The van der Waals surface area contributed by atoms with Gasteiger partial charge in [-0.2, -0.15) is 10.5 Å². The molecule has 2 heterocycles. The largest absolute Gasteiger partial charge is 0.306 e. The summed E-state index contributed by atoms with van der Waals surface area (Å²) in [5.74, 6) is -1.08. The molecule has 0 atom stereocenters. The molecule has 0 aliphatic heterocycles. The smallest absolute Gasteiger partial charge is 0.147 e. The normalized spacial score (nSPS) is 11.4. The standard InChI is InChI=1S/C32H16F2N4/c33-21-12-14-25(34)29(16-21)37-27-11-4-2-9-24(27)30-28(37)15-13-23-22-8-1-3-10-26(22)38(32(23)30)31-19(17-35)6-5-7-20(31)18-36/h1-16H. The lowest BCUT2D eigenvalue weighted by Gasteiger charge is -2.13. The molecule has 0 fully saturated rings. The minimum Gasteiger partial charge on any atom is -0.306 e. The first-order chi connectivity index (χ1) is 18.6. The summed E-state index contributed by atoms with van der Waals surface area (Å²) in [6.45, 7) is 0. The second-order valence-electron chi connectivity index (χ2n) is 9.08. The summed E-state index contributed by atoms with van der Waals surface area (Å²) in [5, 5.41) is 23.6. The van der Waals surface area contributed by atoms with Crippen LogP contribution in [0.25, 0.3) is 55.0 Å². The number of para-hydroxylation sites is 3. The molecule has 5 aromatic carbocycles. The van der Waals surface area contributed by atoms with Gasteiger partial charge >= 0.3 is 0 Å². The summed E-state index contributed by atoms with van der Waals surface area (Å²) >= 11 is 0. The van der Waals surface area contributed by atoms with Crippen LogP contribution < -0.4 is 0 Å². The van der Waals surface area contributed by atoms with Crippen LogP contribution in [0.1, 0.15) is 11.1 Å². The number of nitrogens with zero attached hydrogens (tertiary/aromatic N) is 4. The highest BCUT2D eigenvalue weighted by molar-refractivity contribution is 6.26. The molecule has 0 saturated heterocycles. The van der Waals surface area contributed by atoms with E-state index in [9.17, 15) is 14.9 Å². The molecule has 4 nitrogen and oxygen atoms in total. The topological polar surface area (TPSA) is 57.4 Å². The van der Waals surface area contributed by atoms with Crippen molar-refractivity contribution >= 4 is 43.6 Å². The van der Waals surface area contributed by atoms with Gasteiger partial charge in [0.05, 0.1) is 44.6 Å². The predicted molar refractivity (Wildman–Crippen MR) is 144 cm³/mol. The number of rotatable bonds is 2. The highest BCUT2D eigenvalue weighted by Crippen LogP contribution is 2.43. The molecule has 7 aromatic rings. The van der Waals surface area contributed by atoms with Crippen LogP contribution in [0.15, 0.2) is 97.1 Å². The molecule has 0 aliphatic carbocycles. The van der Waals surface area contributed by atoms with E-state index in [2.05, 4.69) is 12.1 Å². The van der Waals surface area contributed by atoms with E-state index in [0.29, 0.717) is 27.8 Å². The van der Waals surface area contributed by atoms with E-state index in [0.717, 1.165) is 44.7 Å². The minimum absolute atomic E-state index is 0.105. The van der Waals surface area contributed by atoms with Gasteiger partial charge in [-0.25, -0.2) is 8.78 Å². The van der Waals surface area contributed by atoms with E-state index in [1.165, 1.54) is 6.07 Å². The summed E-state index contributed by atoms with van der Waals surface area (Å²) in [4.78, 5) is 0. The van der Waals surface area contributed by atoms with Gasteiger partial charge in [-0.05, 0) is 42.5 Å². The van der Waals surface area contributed by atoms with Gasteiger partial charge in [0.1, 0.15) is 23.8 Å². The van der Waals surface area contributed by atoms with Crippen molar-refractivity contribution in [3.8, 4) is 23.5 Å². The van der Waals surface area contributed by atoms with Crippen molar-refractivity contribution in [1.29, 1.82) is 10.5 Å². The Labute approximate surface area is 215 Å². The highest BCUT2D eigenvalue weighted by Gasteiger charge is 2.23. The Hall–Kier alpha value is -5.46. The lowest BCUT2D eigenvalue weighted by Crippen LogP contribution is -2.01. The van der Waals surface area contributed by atoms with Crippen molar-refractivity contribution in [3.05, 3.63) is 120 Å². The predicted octanol–water partition coefficient (Wildman–Crippen LogP) is 7.90. The fourth-order valence-corrected chi connectivity index (χ4v) is 5.62. The molecule has 0 spiro atoms. The monoisotopic (exact) mass is 494 g/mol. The van der Waals surface area contributed by atoms with E-state index >= 15 is 4.39 Å². The number of benzene rings is 5. The molecule has 0 bridgehead atoms. The Morgan fingerprint density at radius 3 is 1.95 bits per heavy atom. The molecule has 0 saturated carbocycles. The first kappa shape index (κ1) is 21.8. The van der Waals surface area contributed by atoms with Crippen LogP contribution >= 0.6 is 0 Å². The zero-order valence-corrected chi connectivity index (χ0v) is 19.8. The third kappa shape index (κ3) is 2.86. The van der Waals surface area contributed by atoms with Gasteiger partial charge in [0.2, 0.25) is 0 Å². The van der Waals surface area contributed by atoms with E-state index in [1.54, 1.807) is 22.8 Å². The van der Waals surface area contributed by atoms with Crippen molar-refractivity contribution in [3.63, 3.8) is 0 Å². The molecule has 2 aromatic heterocycles. The fourth-order valence-electron chi connectivity index (χ4n) is 5.62. The molecular weight excluding hydrogens is 478 g/mol. The Kier molecular flexibility index (Phi) is 4.60. The average molecular weight is 495 g/mol. The van der Waals surface area contributed by atoms with Crippen LogP contribution in [0.4, 0.5) is 8.78 Å². The van der Waals surface area contributed by atoms with Crippen LogP contribution in [0.2, 0.25) is 0 Å². The summed E-state index contributed by atoms with van der Waals surface area (Å²) in [6, 6.07) is 32.3. The van der Waals surface area contributed by atoms with Crippen LogP contribution in [0, 0.1) is 34.3 Å². The second kappa shape index (κ2) is 8.03. The molecular formula is C32H16F2N4. The number of hydrogen-bond donors (Lipinski definition) is 0. The van der Waals surface area contributed by atoms with Crippen LogP contribution in [0.3, 0.4) is 0 Å². The Morgan fingerprint density at radius 1 is 0.579 bits per heavy atom. The molecule has 178 valence electrons. The number of fused-ring (bicyclic) bond motifs is 7. The Morgan fingerprint density at radius 2 is 1.24 bits per heavy atom. The number of nitriles is 2. The summed E-state index contributed by atoms with van der Waals surface area (Å²) in [5.41, 5.74) is 4.34. The summed E-state index contributed by atoms with van der Waals surface area (Å²) in [7, 11) is 0. The molecule has 0 radical (unpaired) electrons. The Bertz CT molecular complexity index is 2160. The third-order valence-electron chi connectivity index (χ3n) is 7.12. The highest BCUT2D eigenvalue weighted by atomic mass is 19.1. The van der Waals surface area contributed by atoms with E-state index in [1.807, 2.05) is 65.2 Å². The van der Waals surface area contributed by atoms with Gasteiger partial charge in [-0.15, -0.1) is 0 Å². The SMILES string of the molecule is N#Cc1cccc(C#N)c1-n1c2ccccc2c2ccc3c(c4ccccc4n3-c3cc(F)ccc3F)c21. The van der Waals surface area contributed by atoms with Crippen LogP contribution in [-0.2, 0) is 0 Å². The zero-order valence-electron chi connectivity index (χ0n) is 19.8. The molecule has 38 heavy (non-hydrogen) atoms. The second-order valence-corrected chi connectivity index (χ2v) is 9.08. The molecule has 0 amide bonds. The Balaban J connectivity index is 1.79. The van der Waals surface area contributed by atoms with E-state index in [-0.39, 0.29) is 5.69 Å². The zero-order chi connectivity index (χ0) is 26.0. The number of hydrogen-bond acceptors (Lipinski definition) is 2. The van der Waals surface area contributed by atoms with Crippen LogP contribution in [-0.4, -0.2) is 9.13 Å². The molecule has 0 N–H and O–H groups in total. The molecule has 0 aliphatic rings. The van der Waals surface area contributed by atoms with Gasteiger partial charge < -0.3 is 9.13 Å². The van der Waals surface area contributed by atoms with Crippen molar-refractivity contribution in [2.75, 3.05) is 0 Å². The van der Waals surface area contributed by atoms with Crippen molar-refractivity contribution in [2.24, 2.45) is 0 Å². The maximum Gasteiger partial charge on any atom is 0.147 e. The van der Waals surface area contributed by atoms with Gasteiger partial charge in [-0.1, -0.05) is 48.5 Å². The first-order valence-corrected chi connectivity index (χ1v) is 12.0. The summed E-state index contributed by atoms with van der Waals surface area (Å²) < 4.78 is 33.2. The fraction of sp³-hybridized carbons (Fsp3) is 0. The van der Waals surface area contributed by atoms with E-state index in [4.69, 9.17) is 0 Å². The van der Waals surface area contributed by atoms with Gasteiger partial charge in [0.15, 0.2) is 0 Å². The lowest BCUT2D eigenvalue weighted by atomic mass is 10.1. The van der Waals surface area contributed by atoms with Crippen molar-refractivity contribution in [2.45, 2.75) is 0 Å². The van der Waals surface area contributed by atoms with Crippen LogP contribution in [0.5, 0.6) is 0 Å². The quantitative estimate of drug-likeness (QED) is 0.245. The maximum absolute atomic E-state index is 15.1. The first-order valence-electron chi connectivity index (χ1n) is 12.0. The third-order valence-corrected chi connectivity index (χ3v) is 7.12. The molecule has 6 heteroatoms. The molecule has 7 rings (SSSR count). The summed E-state index contributed by atoms with van der Waals surface area (Å²) in [6.07, 6.45) is 0. The molecule has 0 unspecified atom stereocenters. The van der Waals surface area contributed by atoms with Crippen molar-refractivity contribution < 1.29 is 8.78 Å². The minimum atomic E-state index is -0.545. The number of halogens is 2. The average Bonchev–Trinajstić information content (AvgIpc) is 3.46. The maximum atomic E-state index is 15.1. The van der Waals surface area contributed by atoms with Crippen molar-refractivity contribution in [1.82, 2.24) is 9.13 Å². The van der Waals surface area contributed by atoms with Gasteiger partial charge in [-0.3, -0.25) is 0 Å².